The fourth-order valence-corrected chi connectivity index (χ4v) is 2.86. The van der Waals surface area contributed by atoms with Crippen molar-refractivity contribution in [3.05, 3.63) is 36.4 Å². The highest BCUT2D eigenvalue weighted by molar-refractivity contribution is 14.0. The summed E-state index contributed by atoms with van der Waals surface area (Å²) < 4.78 is 13.8. The number of para-hydroxylation sites is 2. The van der Waals surface area contributed by atoms with Gasteiger partial charge in [0.05, 0.1) is 6.54 Å². The molecule has 29 heavy (non-hydrogen) atoms. The Balaban J connectivity index is 0.00000300. The molecule has 0 spiro atoms. The van der Waals surface area contributed by atoms with E-state index in [1.54, 1.807) is 6.33 Å². The maximum atomic E-state index is 6.01. The van der Waals surface area contributed by atoms with Gasteiger partial charge in [-0.1, -0.05) is 32.9 Å². The molecule has 0 saturated heterocycles. The Labute approximate surface area is 189 Å². The van der Waals surface area contributed by atoms with Crippen LogP contribution in [0.3, 0.4) is 0 Å². The van der Waals surface area contributed by atoms with E-state index in [1.165, 1.54) is 0 Å². The minimum absolute atomic E-state index is 0. The van der Waals surface area contributed by atoms with Crippen LogP contribution in [-0.4, -0.2) is 53.1 Å². The number of aryl methyl sites for hydroxylation is 1. The van der Waals surface area contributed by atoms with Gasteiger partial charge in [0.15, 0.2) is 17.5 Å². The monoisotopic (exact) mass is 514 g/mol. The van der Waals surface area contributed by atoms with Crippen LogP contribution in [0.2, 0.25) is 0 Å². The predicted molar refractivity (Wildman–Crippen MR) is 124 cm³/mol. The van der Waals surface area contributed by atoms with Crippen molar-refractivity contribution in [1.82, 2.24) is 25.4 Å². The molecular weight excluding hydrogens is 483 g/mol. The summed E-state index contributed by atoms with van der Waals surface area (Å²) in [6.45, 7) is 9.80. The smallest absolute Gasteiger partial charge is 0.191 e. The third-order valence-electron chi connectivity index (χ3n) is 4.34. The van der Waals surface area contributed by atoms with Crippen molar-refractivity contribution in [2.24, 2.45) is 10.9 Å². The molecule has 2 N–H and O–H groups in total. The van der Waals surface area contributed by atoms with Gasteiger partial charge in [0.1, 0.15) is 24.9 Å². The van der Waals surface area contributed by atoms with Gasteiger partial charge in [-0.2, -0.15) is 0 Å². The number of ether oxygens (including phenoxy) is 2. The number of benzene rings is 1. The van der Waals surface area contributed by atoms with Gasteiger partial charge in [-0.25, -0.2) is 0 Å². The van der Waals surface area contributed by atoms with E-state index in [0.717, 1.165) is 49.3 Å². The zero-order valence-corrected chi connectivity index (χ0v) is 19.6. The maximum Gasteiger partial charge on any atom is 0.191 e. The zero-order chi connectivity index (χ0) is 19.8. The molecule has 0 fully saturated rings. The second-order valence-electron chi connectivity index (χ2n) is 7.18. The average molecular weight is 514 g/mol. The molecule has 0 amide bonds. The summed E-state index contributed by atoms with van der Waals surface area (Å²) in [7, 11) is 0. The van der Waals surface area contributed by atoms with Gasteiger partial charge < -0.3 is 24.7 Å². The van der Waals surface area contributed by atoms with E-state index in [4.69, 9.17) is 9.47 Å². The van der Waals surface area contributed by atoms with Gasteiger partial charge in [0, 0.05) is 26.1 Å². The predicted octanol–water partition coefficient (Wildman–Crippen LogP) is 2.49. The van der Waals surface area contributed by atoms with Crippen molar-refractivity contribution in [3.8, 4) is 11.5 Å². The van der Waals surface area contributed by atoms with Crippen molar-refractivity contribution in [2.45, 2.75) is 39.8 Å². The molecule has 1 atom stereocenters. The first kappa shape index (κ1) is 23.2. The quantitative estimate of drug-likeness (QED) is 0.320. The van der Waals surface area contributed by atoms with E-state index >= 15 is 0 Å². The Morgan fingerprint density at radius 3 is 2.83 bits per heavy atom. The highest BCUT2D eigenvalue weighted by Crippen LogP contribution is 2.30. The lowest BCUT2D eigenvalue weighted by Crippen LogP contribution is -2.46. The molecule has 1 aliphatic rings. The fraction of sp³-hybridized carbons (Fsp3) is 0.550. The average Bonchev–Trinajstić information content (AvgIpc) is 3.16. The maximum absolute atomic E-state index is 6.01. The van der Waals surface area contributed by atoms with Gasteiger partial charge >= 0.3 is 0 Å². The van der Waals surface area contributed by atoms with Gasteiger partial charge in [-0.05, 0) is 18.1 Å². The van der Waals surface area contributed by atoms with Crippen LogP contribution in [0.15, 0.2) is 35.6 Å². The Bertz CT molecular complexity index is 780. The number of guanidine groups is 1. The van der Waals surface area contributed by atoms with E-state index in [9.17, 15) is 0 Å². The molecule has 1 unspecified atom stereocenters. The molecule has 9 heteroatoms. The molecule has 1 aromatic carbocycles. The van der Waals surface area contributed by atoms with Crippen LogP contribution >= 0.6 is 24.0 Å². The topological polar surface area (TPSA) is 85.6 Å². The molecule has 0 saturated carbocycles. The first-order chi connectivity index (χ1) is 13.7. The lowest BCUT2D eigenvalue weighted by molar-refractivity contribution is 0.0936. The summed E-state index contributed by atoms with van der Waals surface area (Å²) >= 11 is 0. The van der Waals surface area contributed by atoms with Crippen molar-refractivity contribution in [3.63, 3.8) is 0 Å². The lowest BCUT2D eigenvalue weighted by Gasteiger charge is -2.27. The highest BCUT2D eigenvalue weighted by Gasteiger charge is 2.20. The molecule has 2 heterocycles. The zero-order valence-electron chi connectivity index (χ0n) is 17.3. The van der Waals surface area contributed by atoms with E-state index in [-0.39, 0.29) is 30.1 Å². The molecule has 1 aromatic heterocycles. The molecule has 0 bridgehead atoms. The molecule has 0 radical (unpaired) electrons. The third kappa shape index (κ3) is 7.06. The Morgan fingerprint density at radius 2 is 2.07 bits per heavy atom. The summed E-state index contributed by atoms with van der Waals surface area (Å²) in [5, 5.41) is 14.9. The largest absolute Gasteiger partial charge is 0.486 e. The van der Waals surface area contributed by atoms with Gasteiger partial charge in [0.2, 0.25) is 0 Å². The minimum Gasteiger partial charge on any atom is -0.486 e. The van der Waals surface area contributed by atoms with E-state index in [1.807, 2.05) is 24.3 Å². The van der Waals surface area contributed by atoms with Crippen LogP contribution in [0.4, 0.5) is 0 Å². The SMILES string of the molecule is CCc1nncn1CCNC(=NCC(C)C)NCC1COc2ccccc2O1.I. The summed E-state index contributed by atoms with van der Waals surface area (Å²) in [6.07, 6.45) is 2.57. The van der Waals surface area contributed by atoms with Crippen molar-refractivity contribution < 1.29 is 9.47 Å². The molecule has 1 aliphatic heterocycles. The van der Waals surface area contributed by atoms with Crippen LogP contribution in [0.1, 0.15) is 26.6 Å². The number of aromatic nitrogens is 3. The molecule has 8 nitrogen and oxygen atoms in total. The first-order valence-electron chi connectivity index (χ1n) is 9.93. The van der Waals surface area contributed by atoms with E-state index in [0.29, 0.717) is 19.1 Å². The normalized spacial score (nSPS) is 15.7. The van der Waals surface area contributed by atoms with Crippen LogP contribution in [-0.2, 0) is 13.0 Å². The Hall–Kier alpha value is -2.04. The number of hydrogen-bond donors (Lipinski definition) is 2. The first-order valence-corrected chi connectivity index (χ1v) is 9.93. The van der Waals surface area contributed by atoms with E-state index < -0.39 is 0 Å². The van der Waals surface area contributed by atoms with Gasteiger partial charge in [0.25, 0.3) is 0 Å². The van der Waals surface area contributed by atoms with Gasteiger partial charge in [-0.3, -0.25) is 4.99 Å². The standard InChI is InChI=1S/C20H30N6O2.HI/c1-4-19-25-24-14-26(19)10-9-21-20(22-11-15(2)3)23-12-16-13-27-17-7-5-6-8-18(17)28-16;/h5-8,14-16H,4,9-13H2,1-3H3,(H2,21,22,23);1H. The fourth-order valence-electron chi connectivity index (χ4n) is 2.86. The van der Waals surface area contributed by atoms with Crippen LogP contribution < -0.4 is 20.1 Å². The Kier molecular flexibility index (Phi) is 9.49. The number of rotatable bonds is 8. The van der Waals surface area contributed by atoms with Crippen LogP contribution in [0, 0.1) is 5.92 Å². The minimum atomic E-state index is -0.0644. The summed E-state index contributed by atoms with van der Waals surface area (Å²) in [6, 6.07) is 7.75. The molecular formula is C20H31IN6O2. The Morgan fingerprint density at radius 1 is 1.28 bits per heavy atom. The second-order valence-corrected chi connectivity index (χ2v) is 7.18. The third-order valence-corrected chi connectivity index (χ3v) is 4.34. The molecule has 0 aliphatic carbocycles. The second kappa shape index (κ2) is 11.8. The molecule has 160 valence electrons. The van der Waals surface area contributed by atoms with Crippen LogP contribution in [0.25, 0.3) is 0 Å². The van der Waals surface area contributed by atoms with Crippen molar-refractivity contribution in [1.29, 1.82) is 0 Å². The number of hydrogen-bond acceptors (Lipinski definition) is 5. The molecule has 2 aromatic rings. The van der Waals surface area contributed by atoms with Crippen molar-refractivity contribution in [2.75, 3.05) is 26.2 Å². The number of aliphatic imine (C=N–C) groups is 1. The summed E-state index contributed by atoms with van der Waals surface area (Å²) in [5.74, 6) is 3.84. The number of nitrogens with one attached hydrogen (secondary N) is 2. The summed E-state index contributed by atoms with van der Waals surface area (Å²) in [5.41, 5.74) is 0. The van der Waals surface area contributed by atoms with Crippen molar-refractivity contribution >= 4 is 29.9 Å². The number of halogens is 1. The van der Waals surface area contributed by atoms with E-state index in [2.05, 4.69) is 51.2 Å². The number of fused-ring (bicyclic) bond motifs is 1. The summed E-state index contributed by atoms with van der Waals surface area (Å²) in [4.78, 5) is 4.67. The van der Waals surface area contributed by atoms with Crippen LogP contribution in [0.5, 0.6) is 11.5 Å². The molecule has 3 rings (SSSR count). The highest BCUT2D eigenvalue weighted by atomic mass is 127. The number of nitrogens with zero attached hydrogens (tertiary/aromatic N) is 4. The lowest BCUT2D eigenvalue weighted by atomic mass is 10.2. The van der Waals surface area contributed by atoms with Gasteiger partial charge in [-0.15, -0.1) is 34.2 Å².